The second-order valence-electron chi connectivity index (χ2n) is 2.45. The van der Waals surface area contributed by atoms with Gasteiger partial charge in [-0.25, -0.2) is 0 Å². The molecule has 0 unspecified atom stereocenters. The topological polar surface area (TPSA) is 12.9 Å². The summed E-state index contributed by atoms with van der Waals surface area (Å²) in [6.45, 7) is 21.5. The first-order valence-electron chi connectivity index (χ1n) is 6.48. The van der Waals surface area contributed by atoms with E-state index in [1.807, 2.05) is 60.6 Å². The van der Waals surface area contributed by atoms with Crippen LogP contribution < -0.4 is 0 Å². The molecule has 0 saturated heterocycles. The summed E-state index contributed by atoms with van der Waals surface area (Å²) >= 11 is 0. The monoisotopic (exact) mass is 235 g/mol. The minimum atomic E-state index is 1.02. The SMILES string of the molecule is C=Cc1ccncc1C(=C)C.CC.CC.CC. The summed E-state index contributed by atoms with van der Waals surface area (Å²) in [6, 6.07) is 1.93. The highest BCUT2D eigenvalue weighted by Crippen LogP contribution is 2.15. The molecule has 1 nitrogen and oxygen atoms in total. The number of hydrogen-bond acceptors (Lipinski definition) is 1. The molecule has 1 rings (SSSR count). The first-order chi connectivity index (χ1) is 8.25. The number of allylic oxidation sites excluding steroid dienone is 1. The van der Waals surface area contributed by atoms with Crippen molar-refractivity contribution in [1.82, 2.24) is 4.98 Å². The zero-order valence-corrected chi connectivity index (χ0v) is 12.7. The maximum atomic E-state index is 4.01. The highest BCUT2D eigenvalue weighted by molar-refractivity contribution is 5.70. The molecule has 0 aliphatic heterocycles. The van der Waals surface area contributed by atoms with Crippen LogP contribution >= 0.6 is 0 Å². The quantitative estimate of drug-likeness (QED) is 0.628. The molecule has 0 bridgehead atoms. The van der Waals surface area contributed by atoms with Gasteiger partial charge in [-0.15, -0.1) is 0 Å². The van der Waals surface area contributed by atoms with Gasteiger partial charge in [0.25, 0.3) is 0 Å². The molecular formula is C16H29N. The van der Waals surface area contributed by atoms with Crippen LogP contribution in [0.1, 0.15) is 59.6 Å². The van der Waals surface area contributed by atoms with Crippen LogP contribution in [0.2, 0.25) is 0 Å². The van der Waals surface area contributed by atoms with E-state index in [9.17, 15) is 0 Å². The number of nitrogens with zero attached hydrogens (tertiary/aromatic N) is 1. The summed E-state index contributed by atoms with van der Waals surface area (Å²) in [5.41, 5.74) is 3.18. The van der Waals surface area contributed by atoms with E-state index in [0.29, 0.717) is 0 Å². The average molecular weight is 235 g/mol. The van der Waals surface area contributed by atoms with Crippen molar-refractivity contribution in [2.24, 2.45) is 0 Å². The second kappa shape index (κ2) is 17.0. The molecule has 0 amide bonds. The molecule has 1 aromatic heterocycles. The van der Waals surface area contributed by atoms with Crippen molar-refractivity contribution >= 4 is 11.6 Å². The van der Waals surface area contributed by atoms with Gasteiger partial charge in [-0.3, -0.25) is 4.98 Å². The van der Waals surface area contributed by atoms with Crippen LogP contribution in [-0.4, -0.2) is 4.98 Å². The van der Waals surface area contributed by atoms with Crippen molar-refractivity contribution in [3.05, 3.63) is 42.7 Å². The maximum absolute atomic E-state index is 4.01. The smallest absolute Gasteiger partial charge is 0.0348 e. The highest BCUT2D eigenvalue weighted by Gasteiger charge is 1.97. The van der Waals surface area contributed by atoms with E-state index in [1.54, 1.807) is 12.4 Å². The van der Waals surface area contributed by atoms with Gasteiger partial charge in [0.05, 0.1) is 0 Å². The fraction of sp³-hybridized carbons (Fsp3) is 0.438. The van der Waals surface area contributed by atoms with E-state index in [4.69, 9.17) is 0 Å². The molecule has 1 heterocycles. The third-order valence-electron chi connectivity index (χ3n) is 1.53. The van der Waals surface area contributed by atoms with E-state index in [1.165, 1.54) is 0 Å². The van der Waals surface area contributed by atoms with Crippen molar-refractivity contribution in [3.8, 4) is 0 Å². The molecule has 0 aromatic carbocycles. The molecule has 1 heteroatoms. The summed E-state index contributed by atoms with van der Waals surface area (Å²) in [7, 11) is 0. The third kappa shape index (κ3) is 9.55. The largest absolute Gasteiger partial charge is 0.264 e. The lowest BCUT2D eigenvalue weighted by atomic mass is 10.1. The molecule has 0 atom stereocenters. The normalized spacial score (nSPS) is 7.00. The summed E-state index contributed by atoms with van der Waals surface area (Å²) in [4.78, 5) is 4.01. The van der Waals surface area contributed by atoms with Crippen LogP contribution in [0, 0.1) is 0 Å². The molecule has 0 spiro atoms. The summed E-state index contributed by atoms with van der Waals surface area (Å²) in [5, 5.41) is 0. The van der Waals surface area contributed by atoms with Crippen LogP contribution in [0.15, 0.2) is 31.6 Å². The van der Waals surface area contributed by atoms with E-state index in [0.717, 1.165) is 16.7 Å². The van der Waals surface area contributed by atoms with Crippen molar-refractivity contribution in [1.29, 1.82) is 0 Å². The van der Waals surface area contributed by atoms with Gasteiger partial charge in [0.15, 0.2) is 0 Å². The number of hydrogen-bond donors (Lipinski definition) is 0. The summed E-state index contributed by atoms with van der Waals surface area (Å²) in [5.74, 6) is 0. The Kier molecular flexibility index (Phi) is 21.0. The Hall–Kier alpha value is -1.37. The van der Waals surface area contributed by atoms with E-state index >= 15 is 0 Å². The Morgan fingerprint density at radius 3 is 1.88 bits per heavy atom. The van der Waals surface area contributed by atoms with Crippen LogP contribution in [0.25, 0.3) is 11.6 Å². The number of rotatable bonds is 2. The summed E-state index contributed by atoms with van der Waals surface area (Å²) < 4.78 is 0. The van der Waals surface area contributed by atoms with Crippen molar-refractivity contribution in [2.75, 3.05) is 0 Å². The van der Waals surface area contributed by atoms with Gasteiger partial charge < -0.3 is 0 Å². The van der Waals surface area contributed by atoms with Crippen molar-refractivity contribution in [2.45, 2.75) is 48.5 Å². The van der Waals surface area contributed by atoms with Crippen molar-refractivity contribution in [3.63, 3.8) is 0 Å². The van der Waals surface area contributed by atoms with Gasteiger partial charge in [-0.2, -0.15) is 0 Å². The molecule has 0 aliphatic rings. The minimum absolute atomic E-state index is 1.02. The molecule has 0 N–H and O–H groups in total. The molecule has 0 saturated carbocycles. The standard InChI is InChI=1S/C10H11N.3C2H6/c1-4-9-5-6-11-7-10(9)8(2)3;3*1-2/h4-7H,1-2H2,3H3;3*1-2H3. The molecule has 1 aromatic rings. The highest BCUT2D eigenvalue weighted by atomic mass is 14.6. The number of aromatic nitrogens is 1. The zero-order chi connectivity index (χ0) is 14.3. The van der Waals surface area contributed by atoms with Crippen molar-refractivity contribution < 1.29 is 0 Å². The minimum Gasteiger partial charge on any atom is -0.264 e. The fourth-order valence-electron chi connectivity index (χ4n) is 0.940. The Balaban J connectivity index is -0.000000285. The predicted octanol–water partition coefficient (Wildman–Crippen LogP) is 5.84. The Labute approximate surface area is 108 Å². The third-order valence-corrected chi connectivity index (χ3v) is 1.53. The summed E-state index contributed by atoms with van der Waals surface area (Å²) in [6.07, 6.45) is 5.37. The molecule has 98 valence electrons. The zero-order valence-electron chi connectivity index (χ0n) is 12.7. The van der Waals surface area contributed by atoms with Gasteiger partial charge in [-0.1, -0.05) is 60.8 Å². The predicted molar refractivity (Wildman–Crippen MR) is 83.1 cm³/mol. The average Bonchev–Trinajstić information content (AvgIpc) is 2.45. The van der Waals surface area contributed by atoms with E-state index in [2.05, 4.69) is 18.1 Å². The molecule has 0 aliphatic carbocycles. The van der Waals surface area contributed by atoms with Gasteiger partial charge in [0, 0.05) is 18.0 Å². The molecule has 17 heavy (non-hydrogen) atoms. The molecule has 0 radical (unpaired) electrons. The van der Waals surface area contributed by atoms with Gasteiger partial charge in [0.1, 0.15) is 0 Å². The van der Waals surface area contributed by atoms with Crippen LogP contribution in [0.4, 0.5) is 0 Å². The Morgan fingerprint density at radius 1 is 1.12 bits per heavy atom. The van der Waals surface area contributed by atoms with E-state index in [-0.39, 0.29) is 0 Å². The number of pyridine rings is 1. The van der Waals surface area contributed by atoms with Gasteiger partial charge >= 0.3 is 0 Å². The maximum Gasteiger partial charge on any atom is 0.0348 e. The first kappa shape index (κ1) is 21.0. The Bertz CT molecular complexity index is 287. The molecule has 0 fully saturated rings. The second-order valence-corrected chi connectivity index (χ2v) is 2.45. The lowest BCUT2D eigenvalue weighted by Gasteiger charge is -2.02. The van der Waals surface area contributed by atoms with Crippen LogP contribution in [0.5, 0.6) is 0 Å². The van der Waals surface area contributed by atoms with Crippen LogP contribution in [0.3, 0.4) is 0 Å². The lowest BCUT2D eigenvalue weighted by molar-refractivity contribution is 1.30. The lowest BCUT2D eigenvalue weighted by Crippen LogP contribution is -1.84. The van der Waals surface area contributed by atoms with Gasteiger partial charge in [-0.05, 0) is 24.1 Å². The molecular weight excluding hydrogens is 206 g/mol. The van der Waals surface area contributed by atoms with Crippen LogP contribution in [-0.2, 0) is 0 Å². The van der Waals surface area contributed by atoms with Gasteiger partial charge in [0.2, 0.25) is 0 Å². The fourth-order valence-corrected chi connectivity index (χ4v) is 0.940. The Morgan fingerprint density at radius 2 is 1.59 bits per heavy atom. The first-order valence-corrected chi connectivity index (χ1v) is 6.48. The van der Waals surface area contributed by atoms with E-state index < -0.39 is 0 Å².